The maximum Gasteiger partial charge on any atom is 0.274 e. The molecule has 3 aromatic heterocycles. The number of imidazole rings is 1. The molecule has 1 saturated heterocycles. The molecule has 0 saturated carbocycles. The van der Waals surface area contributed by atoms with Crippen LogP contribution in [-0.4, -0.2) is 63.9 Å². The Bertz CT molecular complexity index is 976. The minimum Gasteiger partial charge on any atom is -0.386 e. The zero-order valence-electron chi connectivity index (χ0n) is 14.6. The molecule has 3 aromatic rings. The molecule has 136 valence electrons. The third kappa shape index (κ3) is 2.58. The number of anilines is 1. The van der Waals surface area contributed by atoms with Crippen LogP contribution in [-0.2, 0) is 7.05 Å². The number of likely N-dealkylation sites (tertiary alicyclic amines) is 1. The molecule has 10 heteroatoms. The van der Waals surface area contributed by atoms with Crippen molar-refractivity contribution in [1.29, 1.82) is 0 Å². The van der Waals surface area contributed by atoms with Crippen molar-refractivity contribution in [1.82, 2.24) is 34.2 Å². The van der Waals surface area contributed by atoms with E-state index in [9.17, 15) is 9.90 Å². The first-order chi connectivity index (χ1) is 12.4. The molecule has 0 bridgehead atoms. The number of aliphatic hydroxyl groups is 1. The molecule has 4 heterocycles. The Morgan fingerprint density at radius 1 is 1.38 bits per heavy atom. The second-order valence-electron chi connectivity index (χ2n) is 6.85. The predicted molar refractivity (Wildman–Crippen MR) is 93.1 cm³/mol. The molecule has 1 amide bonds. The van der Waals surface area contributed by atoms with Crippen molar-refractivity contribution in [2.24, 2.45) is 7.05 Å². The number of aryl methyl sites for hydroxylation is 1. The number of carbonyl (C=O) groups excluding carboxylic acids is 1. The molecule has 2 atom stereocenters. The highest BCUT2D eigenvalue weighted by molar-refractivity contribution is 5.92. The van der Waals surface area contributed by atoms with Gasteiger partial charge >= 0.3 is 0 Å². The number of nitrogen functional groups attached to an aromatic ring is 1. The van der Waals surface area contributed by atoms with E-state index in [1.165, 1.54) is 6.33 Å². The fourth-order valence-corrected chi connectivity index (χ4v) is 3.56. The number of amides is 1. The first-order valence-corrected chi connectivity index (χ1v) is 8.31. The van der Waals surface area contributed by atoms with Crippen LogP contribution in [0.4, 0.5) is 5.82 Å². The van der Waals surface area contributed by atoms with Crippen molar-refractivity contribution in [3.63, 3.8) is 0 Å². The van der Waals surface area contributed by atoms with Crippen molar-refractivity contribution in [2.45, 2.75) is 25.0 Å². The van der Waals surface area contributed by atoms with Crippen molar-refractivity contribution in [2.75, 3.05) is 18.8 Å². The first-order valence-electron chi connectivity index (χ1n) is 8.31. The molecule has 4 rings (SSSR count). The van der Waals surface area contributed by atoms with Gasteiger partial charge in [-0.2, -0.15) is 5.10 Å². The van der Waals surface area contributed by atoms with Gasteiger partial charge in [-0.15, -0.1) is 0 Å². The van der Waals surface area contributed by atoms with Gasteiger partial charge in [-0.25, -0.2) is 15.0 Å². The summed E-state index contributed by atoms with van der Waals surface area (Å²) in [6.45, 7) is 2.40. The molecule has 1 aliphatic heterocycles. The number of nitrogens with zero attached hydrogens (tertiary/aromatic N) is 7. The Morgan fingerprint density at radius 2 is 2.19 bits per heavy atom. The summed E-state index contributed by atoms with van der Waals surface area (Å²) < 4.78 is 3.40. The summed E-state index contributed by atoms with van der Waals surface area (Å²) in [5.74, 6) is 0.113. The molecule has 0 radical (unpaired) electrons. The molecular formula is C16H20N8O2. The third-order valence-corrected chi connectivity index (χ3v) is 4.84. The lowest BCUT2D eigenvalue weighted by atomic mass is 9.88. The van der Waals surface area contributed by atoms with Crippen LogP contribution < -0.4 is 5.73 Å². The number of β-amino-alcohol motifs (C(OH)–C–C–N with tert-alkyl or cyclic N) is 1. The van der Waals surface area contributed by atoms with Gasteiger partial charge in [0.25, 0.3) is 5.91 Å². The van der Waals surface area contributed by atoms with E-state index in [4.69, 9.17) is 5.73 Å². The summed E-state index contributed by atoms with van der Waals surface area (Å²) in [6, 6.07) is 1.39. The quantitative estimate of drug-likeness (QED) is 0.660. The highest BCUT2D eigenvalue weighted by Crippen LogP contribution is 2.34. The summed E-state index contributed by atoms with van der Waals surface area (Å²) in [7, 11) is 1.76. The third-order valence-electron chi connectivity index (χ3n) is 4.84. The monoisotopic (exact) mass is 356 g/mol. The second kappa shape index (κ2) is 5.77. The lowest BCUT2D eigenvalue weighted by Crippen LogP contribution is -2.54. The van der Waals surface area contributed by atoms with Gasteiger partial charge in [-0.1, -0.05) is 0 Å². The smallest absolute Gasteiger partial charge is 0.274 e. The van der Waals surface area contributed by atoms with Crippen LogP contribution in [0.2, 0.25) is 0 Å². The standard InChI is InChI=1S/C16H20N8O2/c1-16(26)7-23(15(25)10-3-5-22(2)21-10)6-4-11(16)24-9-20-12-13(17)18-8-19-14(12)24/h3,5,8-9,11,26H,4,6-7H2,1-2H3,(H2,17,18,19)/t11-,16-/m1/s1. The number of rotatable bonds is 2. The van der Waals surface area contributed by atoms with E-state index < -0.39 is 5.60 Å². The van der Waals surface area contributed by atoms with Gasteiger partial charge in [0.2, 0.25) is 0 Å². The fraction of sp³-hybridized carbons (Fsp3) is 0.438. The average molecular weight is 356 g/mol. The normalized spacial score (nSPS) is 23.5. The Kier molecular flexibility index (Phi) is 3.65. The van der Waals surface area contributed by atoms with Gasteiger partial charge < -0.3 is 20.3 Å². The van der Waals surface area contributed by atoms with E-state index in [1.54, 1.807) is 42.1 Å². The minimum atomic E-state index is -1.16. The molecule has 1 fully saturated rings. The summed E-state index contributed by atoms with van der Waals surface area (Å²) in [6.07, 6.45) is 5.27. The van der Waals surface area contributed by atoms with Crippen LogP contribution in [0, 0.1) is 0 Å². The zero-order chi connectivity index (χ0) is 18.5. The molecule has 0 aliphatic carbocycles. The summed E-state index contributed by atoms with van der Waals surface area (Å²) in [5, 5.41) is 15.2. The Morgan fingerprint density at radius 3 is 2.88 bits per heavy atom. The minimum absolute atomic E-state index is 0.188. The lowest BCUT2D eigenvalue weighted by Gasteiger charge is -2.43. The van der Waals surface area contributed by atoms with E-state index >= 15 is 0 Å². The fourth-order valence-electron chi connectivity index (χ4n) is 3.56. The van der Waals surface area contributed by atoms with Gasteiger partial charge in [-0.05, 0) is 19.4 Å². The maximum atomic E-state index is 12.6. The summed E-state index contributed by atoms with van der Waals surface area (Å²) in [5.41, 5.74) is 6.14. The zero-order valence-corrected chi connectivity index (χ0v) is 14.6. The van der Waals surface area contributed by atoms with Gasteiger partial charge in [0.05, 0.1) is 18.9 Å². The van der Waals surface area contributed by atoms with Crippen LogP contribution in [0.1, 0.15) is 29.9 Å². The number of carbonyl (C=O) groups is 1. The number of aromatic nitrogens is 6. The molecule has 3 N–H and O–H groups in total. The van der Waals surface area contributed by atoms with Gasteiger partial charge in [-0.3, -0.25) is 9.48 Å². The maximum absolute atomic E-state index is 12.6. The van der Waals surface area contributed by atoms with E-state index in [-0.39, 0.29) is 18.5 Å². The number of hydrogen-bond acceptors (Lipinski definition) is 7. The number of fused-ring (bicyclic) bond motifs is 1. The van der Waals surface area contributed by atoms with Gasteiger partial charge in [0.1, 0.15) is 23.1 Å². The van der Waals surface area contributed by atoms with Crippen molar-refractivity contribution in [3.05, 3.63) is 30.6 Å². The number of nitrogens with two attached hydrogens (primary N) is 1. The number of hydrogen-bond donors (Lipinski definition) is 2. The van der Waals surface area contributed by atoms with E-state index in [0.717, 1.165) is 0 Å². The Hall–Kier alpha value is -3.01. The van der Waals surface area contributed by atoms with Gasteiger partial charge in [0.15, 0.2) is 11.5 Å². The van der Waals surface area contributed by atoms with Crippen molar-refractivity contribution >= 4 is 22.9 Å². The molecule has 0 unspecified atom stereocenters. The highest BCUT2D eigenvalue weighted by Gasteiger charge is 2.41. The average Bonchev–Trinajstić information content (AvgIpc) is 3.21. The molecular weight excluding hydrogens is 336 g/mol. The van der Waals surface area contributed by atoms with E-state index in [1.807, 2.05) is 4.57 Å². The summed E-state index contributed by atoms with van der Waals surface area (Å²) >= 11 is 0. The van der Waals surface area contributed by atoms with E-state index in [0.29, 0.717) is 35.6 Å². The van der Waals surface area contributed by atoms with Gasteiger partial charge in [0, 0.05) is 19.8 Å². The van der Waals surface area contributed by atoms with Crippen LogP contribution in [0.5, 0.6) is 0 Å². The largest absolute Gasteiger partial charge is 0.386 e. The first kappa shape index (κ1) is 16.5. The molecule has 0 spiro atoms. The summed E-state index contributed by atoms with van der Waals surface area (Å²) in [4.78, 5) is 26.7. The highest BCUT2D eigenvalue weighted by atomic mass is 16.3. The topological polar surface area (TPSA) is 128 Å². The van der Waals surface area contributed by atoms with Crippen molar-refractivity contribution < 1.29 is 9.90 Å². The van der Waals surface area contributed by atoms with Crippen LogP contribution in [0.25, 0.3) is 11.2 Å². The van der Waals surface area contributed by atoms with Crippen molar-refractivity contribution in [3.8, 4) is 0 Å². The van der Waals surface area contributed by atoms with Crippen LogP contribution >= 0.6 is 0 Å². The molecule has 26 heavy (non-hydrogen) atoms. The predicted octanol–water partition coefficient (Wildman–Crippen LogP) is -0.0198. The molecule has 0 aromatic carbocycles. The second-order valence-corrected chi connectivity index (χ2v) is 6.85. The molecule has 1 aliphatic rings. The Balaban J connectivity index is 1.61. The number of piperidine rings is 1. The molecule has 10 nitrogen and oxygen atoms in total. The van der Waals surface area contributed by atoms with Crippen LogP contribution in [0.3, 0.4) is 0 Å². The SMILES string of the molecule is Cn1ccc(C(=O)N2CC[C@@H](n3cnc4c(N)ncnc43)[C@](C)(O)C2)n1. The Labute approximate surface area is 149 Å². The lowest BCUT2D eigenvalue weighted by molar-refractivity contribution is -0.0481. The van der Waals surface area contributed by atoms with E-state index in [2.05, 4.69) is 20.1 Å². The van der Waals surface area contributed by atoms with Crippen LogP contribution in [0.15, 0.2) is 24.9 Å².